The summed E-state index contributed by atoms with van der Waals surface area (Å²) in [5.74, 6) is 0.663. The lowest BCUT2D eigenvalue weighted by atomic mass is 9.96. The highest BCUT2D eigenvalue weighted by molar-refractivity contribution is 5.84. The normalized spacial score (nSPS) is 16.9. The molecule has 1 amide bonds. The molecule has 19 heavy (non-hydrogen) atoms. The monoisotopic (exact) mass is 261 g/mol. The van der Waals surface area contributed by atoms with Crippen molar-refractivity contribution < 1.29 is 4.79 Å². The zero-order chi connectivity index (χ0) is 13.4. The van der Waals surface area contributed by atoms with Gasteiger partial charge in [0, 0.05) is 19.0 Å². The lowest BCUT2D eigenvalue weighted by Gasteiger charge is -2.31. The van der Waals surface area contributed by atoms with E-state index in [0.29, 0.717) is 5.65 Å². The second-order valence-electron chi connectivity index (χ2n) is 4.67. The van der Waals surface area contributed by atoms with Crippen LogP contribution in [0.1, 0.15) is 12.8 Å². The van der Waals surface area contributed by atoms with E-state index in [4.69, 9.17) is 11.5 Å². The Morgan fingerprint density at radius 2 is 2.11 bits per heavy atom. The van der Waals surface area contributed by atoms with E-state index in [1.54, 1.807) is 6.33 Å². The molecular formula is C11H15N7O. The number of piperidine rings is 1. The Balaban J connectivity index is 1.89. The molecule has 1 fully saturated rings. The average molecular weight is 261 g/mol. The molecule has 0 spiro atoms. The van der Waals surface area contributed by atoms with Crippen LogP contribution in [0.2, 0.25) is 0 Å². The van der Waals surface area contributed by atoms with Crippen molar-refractivity contribution in [3.63, 3.8) is 0 Å². The molecule has 0 bridgehead atoms. The quantitative estimate of drug-likeness (QED) is 0.677. The number of aromatic nitrogens is 4. The van der Waals surface area contributed by atoms with E-state index in [9.17, 15) is 4.79 Å². The average Bonchev–Trinajstić information content (AvgIpc) is 2.85. The molecule has 0 radical (unpaired) electrons. The Kier molecular flexibility index (Phi) is 2.69. The summed E-state index contributed by atoms with van der Waals surface area (Å²) in [4.78, 5) is 28.7. The molecule has 1 aliphatic heterocycles. The van der Waals surface area contributed by atoms with E-state index in [1.165, 1.54) is 0 Å². The van der Waals surface area contributed by atoms with E-state index in [0.717, 1.165) is 37.3 Å². The number of rotatable bonds is 2. The van der Waals surface area contributed by atoms with Gasteiger partial charge < -0.3 is 21.4 Å². The van der Waals surface area contributed by atoms with Crippen LogP contribution < -0.4 is 16.4 Å². The Morgan fingerprint density at radius 3 is 2.79 bits per heavy atom. The predicted octanol–water partition coefficient (Wildman–Crippen LogP) is -0.363. The second-order valence-corrected chi connectivity index (χ2v) is 4.67. The van der Waals surface area contributed by atoms with Gasteiger partial charge >= 0.3 is 0 Å². The van der Waals surface area contributed by atoms with Crippen molar-refractivity contribution in [2.75, 3.05) is 23.7 Å². The van der Waals surface area contributed by atoms with Gasteiger partial charge in [0.15, 0.2) is 11.5 Å². The van der Waals surface area contributed by atoms with Gasteiger partial charge in [-0.25, -0.2) is 4.98 Å². The van der Waals surface area contributed by atoms with Crippen molar-refractivity contribution in [2.45, 2.75) is 12.8 Å². The molecule has 0 aliphatic carbocycles. The number of amides is 1. The summed E-state index contributed by atoms with van der Waals surface area (Å²) < 4.78 is 0. The van der Waals surface area contributed by atoms with Crippen molar-refractivity contribution in [3.8, 4) is 0 Å². The second kappa shape index (κ2) is 4.38. The maximum Gasteiger partial charge on any atom is 0.224 e. The number of nitrogens with one attached hydrogen (secondary N) is 1. The third-order valence-electron chi connectivity index (χ3n) is 3.48. The van der Waals surface area contributed by atoms with E-state index < -0.39 is 0 Å². The molecule has 5 N–H and O–H groups in total. The smallest absolute Gasteiger partial charge is 0.224 e. The van der Waals surface area contributed by atoms with E-state index in [2.05, 4.69) is 24.8 Å². The number of nitrogens with zero attached hydrogens (tertiary/aromatic N) is 4. The summed E-state index contributed by atoms with van der Waals surface area (Å²) in [5, 5.41) is 0. The van der Waals surface area contributed by atoms with Crippen LogP contribution in [-0.4, -0.2) is 38.9 Å². The van der Waals surface area contributed by atoms with Gasteiger partial charge in [0.2, 0.25) is 11.9 Å². The number of H-pyrrole nitrogens is 1. The number of carbonyl (C=O) groups excluding carboxylic acids is 1. The highest BCUT2D eigenvalue weighted by atomic mass is 16.1. The molecule has 0 aromatic carbocycles. The topological polar surface area (TPSA) is 127 Å². The van der Waals surface area contributed by atoms with Crippen molar-refractivity contribution in [1.29, 1.82) is 0 Å². The number of fused-ring (bicyclic) bond motifs is 1. The molecule has 3 heterocycles. The van der Waals surface area contributed by atoms with Crippen LogP contribution in [0, 0.1) is 5.92 Å². The van der Waals surface area contributed by atoms with Crippen LogP contribution >= 0.6 is 0 Å². The van der Waals surface area contributed by atoms with Gasteiger partial charge in [0.05, 0.1) is 6.33 Å². The van der Waals surface area contributed by atoms with Crippen molar-refractivity contribution in [1.82, 2.24) is 19.9 Å². The number of primary amides is 1. The maximum atomic E-state index is 11.2. The number of hydrogen-bond acceptors (Lipinski definition) is 6. The number of nitrogen functional groups attached to an aromatic ring is 1. The Hall–Kier alpha value is -2.38. The summed E-state index contributed by atoms with van der Waals surface area (Å²) in [6, 6.07) is 0. The van der Waals surface area contributed by atoms with E-state index in [1.807, 2.05) is 0 Å². The molecule has 2 aromatic heterocycles. The first-order valence-corrected chi connectivity index (χ1v) is 6.16. The Labute approximate surface area is 109 Å². The van der Waals surface area contributed by atoms with E-state index in [-0.39, 0.29) is 17.8 Å². The lowest BCUT2D eigenvalue weighted by Crippen LogP contribution is -2.39. The molecule has 8 heteroatoms. The van der Waals surface area contributed by atoms with Crippen molar-refractivity contribution in [3.05, 3.63) is 6.33 Å². The largest absolute Gasteiger partial charge is 0.369 e. The molecule has 2 aromatic rings. The SMILES string of the molecule is NC(=O)C1CCN(c2nc(N)nc3nc[nH]c23)CC1. The van der Waals surface area contributed by atoms with Gasteiger partial charge in [0.25, 0.3) is 0 Å². The molecule has 1 saturated heterocycles. The van der Waals surface area contributed by atoms with Gasteiger partial charge in [-0.05, 0) is 12.8 Å². The lowest BCUT2D eigenvalue weighted by molar-refractivity contribution is -0.122. The highest BCUT2D eigenvalue weighted by Crippen LogP contribution is 2.26. The molecule has 0 atom stereocenters. The molecule has 0 unspecified atom stereocenters. The zero-order valence-electron chi connectivity index (χ0n) is 10.3. The summed E-state index contributed by atoms with van der Waals surface area (Å²) in [6.45, 7) is 1.44. The van der Waals surface area contributed by atoms with E-state index >= 15 is 0 Å². The van der Waals surface area contributed by atoms with Gasteiger partial charge in [0.1, 0.15) is 5.52 Å². The van der Waals surface area contributed by atoms with Crippen LogP contribution in [0.5, 0.6) is 0 Å². The zero-order valence-corrected chi connectivity index (χ0v) is 10.3. The fourth-order valence-corrected chi connectivity index (χ4v) is 2.44. The first-order valence-electron chi connectivity index (χ1n) is 6.16. The van der Waals surface area contributed by atoms with Crippen LogP contribution in [0.4, 0.5) is 11.8 Å². The Bertz CT molecular complexity index is 615. The third-order valence-corrected chi connectivity index (χ3v) is 3.48. The van der Waals surface area contributed by atoms with Gasteiger partial charge in [-0.1, -0.05) is 0 Å². The number of nitrogens with two attached hydrogens (primary N) is 2. The van der Waals surface area contributed by atoms with Crippen molar-refractivity contribution in [2.24, 2.45) is 11.7 Å². The van der Waals surface area contributed by atoms with Crippen LogP contribution in [0.3, 0.4) is 0 Å². The molecule has 8 nitrogen and oxygen atoms in total. The minimum absolute atomic E-state index is 0.0484. The summed E-state index contributed by atoms with van der Waals surface area (Å²) in [5.41, 5.74) is 12.3. The number of anilines is 2. The van der Waals surface area contributed by atoms with Gasteiger partial charge in [-0.3, -0.25) is 4.79 Å². The first kappa shape index (κ1) is 11.7. The standard InChI is InChI=1S/C11H15N7O/c12-8(19)6-1-3-18(4-2-6)10-7-9(15-5-14-7)16-11(13)17-10/h5-6H,1-4H2,(H2,12,19)(H3,13,14,15,16,17). The molecule has 0 saturated carbocycles. The first-order chi connectivity index (χ1) is 9.15. The van der Waals surface area contributed by atoms with Crippen LogP contribution in [-0.2, 0) is 4.79 Å². The Morgan fingerprint density at radius 1 is 1.37 bits per heavy atom. The molecule has 100 valence electrons. The number of hydrogen-bond donors (Lipinski definition) is 3. The maximum absolute atomic E-state index is 11.2. The summed E-state index contributed by atoms with van der Waals surface area (Å²) in [6.07, 6.45) is 3.03. The molecular weight excluding hydrogens is 246 g/mol. The number of aromatic amines is 1. The molecule has 1 aliphatic rings. The van der Waals surface area contributed by atoms with Crippen molar-refractivity contribution >= 4 is 28.8 Å². The molecule has 3 rings (SSSR count). The minimum Gasteiger partial charge on any atom is -0.369 e. The van der Waals surface area contributed by atoms with Gasteiger partial charge in [-0.15, -0.1) is 0 Å². The fraction of sp³-hybridized carbons (Fsp3) is 0.455. The third kappa shape index (κ3) is 2.05. The predicted molar refractivity (Wildman–Crippen MR) is 70.2 cm³/mol. The number of carbonyl (C=O) groups is 1. The van der Waals surface area contributed by atoms with Crippen LogP contribution in [0.25, 0.3) is 11.2 Å². The van der Waals surface area contributed by atoms with Crippen LogP contribution in [0.15, 0.2) is 6.33 Å². The van der Waals surface area contributed by atoms with Gasteiger partial charge in [-0.2, -0.15) is 9.97 Å². The highest BCUT2D eigenvalue weighted by Gasteiger charge is 2.25. The number of imidazole rings is 1. The summed E-state index contributed by atoms with van der Waals surface area (Å²) in [7, 11) is 0. The fourth-order valence-electron chi connectivity index (χ4n) is 2.44. The minimum atomic E-state index is -0.228. The summed E-state index contributed by atoms with van der Waals surface area (Å²) >= 11 is 0.